The van der Waals surface area contributed by atoms with Crippen molar-refractivity contribution < 1.29 is 14.7 Å². The highest BCUT2D eigenvalue weighted by atomic mass is 16.4. The zero-order valence-electron chi connectivity index (χ0n) is 8.72. The molecule has 16 heavy (non-hydrogen) atoms. The van der Waals surface area contributed by atoms with Gasteiger partial charge in [-0.3, -0.25) is 9.59 Å². The van der Waals surface area contributed by atoms with E-state index in [0.29, 0.717) is 6.54 Å². The van der Waals surface area contributed by atoms with Crippen LogP contribution >= 0.6 is 0 Å². The Morgan fingerprint density at radius 1 is 1.31 bits per heavy atom. The van der Waals surface area contributed by atoms with Gasteiger partial charge in [-0.25, -0.2) is 0 Å². The molecule has 1 rings (SSSR count). The second kappa shape index (κ2) is 5.87. The van der Waals surface area contributed by atoms with E-state index in [-0.39, 0.29) is 12.3 Å². The molecular formula is C11H14N2O3. The van der Waals surface area contributed by atoms with Gasteiger partial charge in [-0.05, 0) is 5.56 Å². The maximum atomic E-state index is 11.3. The summed E-state index contributed by atoms with van der Waals surface area (Å²) < 4.78 is 0. The molecule has 0 aromatic heterocycles. The average Bonchev–Trinajstić information content (AvgIpc) is 2.27. The number of carbonyl (C=O) groups excluding carboxylic acids is 1. The van der Waals surface area contributed by atoms with Gasteiger partial charge in [-0.15, -0.1) is 0 Å². The minimum Gasteiger partial charge on any atom is -0.480 e. The first-order chi connectivity index (χ1) is 7.59. The SMILES string of the molecule is N[C@@H](CC(=O)NCc1ccccc1)C(=O)O. The summed E-state index contributed by atoms with van der Waals surface area (Å²) in [4.78, 5) is 21.7. The highest BCUT2D eigenvalue weighted by Gasteiger charge is 2.15. The Kier molecular flexibility index (Phi) is 4.47. The summed E-state index contributed by atoms with van der Waals surface area (Å²) >= 11 is 0. The molecule has 1 atom stereocenters. The number of amides is 1. The lowest BCUT2D eigenvalue weighted by molar-refractivity contribution is -0.140. The van der Waals surface area contributed by atoms with Gasteiger partial charge in [0.25, 0.3) is 0 Å². The van der Waals surface area contributed by atoms with Crippen LogP contribution in [0.3, 0.4) is 0 Å². The number of hydrogen-bond acceptors (Lipinski definition) is 3. The minimum absolute atomic E-state index is 0.206. The summed E-state index contributed by atoms with van der Waals surface area (Å²) in [5.41, 5.74) is 6.18. The lowest BCUT2D eigenvalue weighted by Crippen LogP contribution is -2.36. The van der Waals surface area contributed by atoms with Crippen molar-refractivity contribution >= 4 is 11.9 Å². The zero-order chi connectivity index (χ0) is 12.0. The van der Waals surface area contributed by atoms with E-state index in [1.54, 1.807) is 0 Å². The summed E-state index contributed by atoms with van der Waals surface area (Å²) in [6, 6.07) is 8.21. The van der Waals surface area contributed by atoms with E-state index in [1.807, 2.05) is 30.3 Å². The van der Waals surface area contributed by atoms with Gasteiger partial charge >= 0.3 is 5.97 Å². The third kappa shape index (κ3) is 4.10. The first-order valence-corrected chi connectivity index (χ1v) is 4.88. The van der Waals surface area contributed by atoms with Crippen LogP contribution < -0.4 is 11.1 Å². The second-order valence-corrected chi connectivity index (χ2v) is 3.41. The van der Waals surface area contributed by atoms with E-state index in [0.717, 1.165) is 5.56 Å². The topological polar surface area (TPSA) is 92.4 Å². The normalized spacial score (nSPS) is 11.8. The van der Waals surface area contributed by atoms with Crippen molar-refractivity contribution in [3.05, 3.63) is 35.9 Å². The van der Waals surface area contributed by atoms with E-state index < -0.39 is 12.0 Å². The summed E-state index contributed by atoms with van der Waals surface area (Å²) in [7, 11) is 0. The number of aliphatic carboxylic acids is 1. The van der Waals surface area contributed by atoms with Crippen molar-refractivity contribution in [2.24, 2.45) is 5.73 Å². The molecule has 1 aromatic carbocycles. The lowest BCUT2D eigenvalue weighted by Gasteiger charge is -2.07. The molecule has 0 aliphatic heterocycles. The summed E-state index contributed by atoms with van der Waals surface area (Å²) in [6.45, 7) is 0.381. The minimum atomic E-state index is -1.17. The molecule has 0 unspecified atom stereocenters. The number of nitrogens with one attached hydrogen (secondary N) is 1. The van der Waals surface area contributed by atoms with Gasteiger partial charge in [0, 0.05) is 6.54 Å². The van der Waals surface area contributed by atoms with Crippen LogP contribution in [0.4, 0.5) is 0 Å². The second-order valence-electron chi connectivity index (χ2n) is 3.41. The molecule has 5 heteroatoms. The molecule has 0 heterocycles. The largest absolute Gasteiger partial charge is 0.480 e. The lowest BCUT2D eigenvalue weighted by atomic mass is 10.2. The number of carboxylic acids is 1. The van der Waals surface area contributed by atoms with Gasteiger partial charge in [-0.1, -0.05) is 30.3 Å². The van der Waals surface area contributed by atoms with Crippen LogP contribution in [0.1, 0.15) is 12.0 Å². The van der Waals surface area contributed by atoms with Crippen LogP contribution in [0, 0.1) is 0 Å². The predicted molar refractivity (Wildman–Crippen MR) is 58.5 cm³/mol. The molecule has 0 saturated heterocycles. The molecule has 5 nitrogen and oxygen atoms in total. The smallest absolute Gasteiger partial charge is 0.321 e. The number of nitrogens with two attached hydrogens (primary N) is 1. The van der Waals surface area contributed by atoms with Crippen LogP contribution in [0.15, 0.2) is 30.3 Å². The highest BCUT2D eigenvalue weighted by molar-refractivity contribution is 5.84. The van der Waals surface area contributed by atoms with Gasteiger partial charge < -0.3 is 16.2 Å². The summed E-state index contributed by atoms with van der Waals surface area (Å²) in [5.74, 6) is -1.53. The Labute approximate surface area is 93.3 Å². The number of rotatable bonds is 5. The van der Waals surface area contributed by atoms with Crippen molar-refractivity contribution in [2.75, 3.05) is 0 Å². The van der Waals surface area contributed by atoms with Crippen LogP contribution in [-0.4, -0.2) is 23.0 Å². The maximum absolute atomic E-state index is 11.3. The Hall–Kier alpha value is -1.88. The fourth-order valence-electron chi connectivity index (χ4n) is 1.16. The summed E-state index contributed by atoms with van der Waals surface area (Å²) in [5, 5.41) is 11.1. The fraction of sp³-hybridized carbons (Fsp3) is 0.273. The Morgan fingerprint density at radius 3 is 2.50 bits per heavy atom. The third-order valence-corrected chi connectivity index (χ3v) is 2.06. The Balaban J connectivity index is 2.33. The van der Waals surface area contributed by atoms with Gasteiger partial charge in [0.05, 0.1) is 6.42 Å². The molecule has 1 amide bonds. The van der Waals surface area contributed by atoms with Crippen molar-refractivity contribution in [3.8, 4) is 0 Å². The molecule has 0 aliphatic rings. The first kappa shape index (κ1) is 12.2. The molecule has 0 bridgehead atoms. The van der Waals surface area contributed by atoms with Gasteiger partial charge in [0.15, 0.2) is 0 Å². The number of benzene rings is 1. The van der Waals surface area contributed by atoms with Crippen molar-refractivity contribution in [1.29, 1.82) is 0 Å². The van der Waals surface area contributed by atoms with Crippen LogP contribution in [0.2, 0.25) is 0 Å². The molecule has 1 aromatic rings. The molecule has 0 aliphatic carbocycles. The molecule has 86 valence electrons. The molecular weight excluding hydrogens is 208 g/mol. The number of carboxylic acid groups (broad SMARTS) is 1. The van der Waals surface area contributed by atoms with E-state index in [9.17, 15) is 9.59 Å². The summed E-state index contributed by atoms with van der Waals surface area (Å²) in [6.07, 6.45) is -0.206. The maximum Gasteiger partial charge on any atom is 0.321 e. The molecule has 4 N–H and O–H groups in total. The Morgan fingerprint density at radius 2 is 1.94 bits per heavy atom. The Bertz CT molecular complexity index is 365. The highest BCUT2D eigenvalue weighted by Crippen LogP contribution is 1.97. The monoisotopic (exact) mass is 222 g/mol. The van der Waals surface area contributed by atoms with Crippen molar-refractivity contribution in [1.82, 2.24) is 5.32 Å². The van der Waals surface area contributed by atoms with E-state index in [4.69, 9.17) is 10.8 Å². The predicted octanol–water partition coefficient (Wildman–Crippen LogP) is 0.105. The van der Waals surface area contributed by atoms with E-state index >= 15 is 0 Å². The number of carbonyl (C=O) groups is 2. The standard InChI is InChI=1S/C11H14N2O3/c12-9(11(15)16)6-10(14)13-7-8-4-2-1-3-5-8/h1-5,9H,6-7,12H2,(H,13,14)(H,15,16)/t9-/m0/s1. The van der Waals surface area contributed by atoms with Crippen LogP contribution in [0.25, 0.3) is 0 Å². The average molecular weight is 222 g/mol. The molecule has 0 saturated carbocycles. The molecule has 0 radical (unpaired) electrons. The van der Waals surface area contributed by atoms with E-state index in [2.05, 4.69) is 5.32 Å². The van der Waals surface area contributed by atoms with Crippen LogP contribution in [0.5, 0.6) is 0 Å². The third-order valence-electron chi connectivity index (χ3n) is 2.06. The van der Waals surface area contributed by atoms with Gasteiger partial charge in [0.1, 0.15) is 6.04 Å². The fourth-order valence-corrected chi connectivity index (χ4v) is 1.16. The van der Waals surface area contributed by atoms with E-state index in [1.165, 1.54) is 0 Å². The van der Waals surface area contributed by atoms with Gasteiger partial charge in [0.2, 0.25) is 5.91 Å². The van der Waals surface area contributed by atoms with Gasteiger partial charge in [-0.2, -0.15) is 0 Å². The number of hydrogen-bond donors (Lipinski definition) is 3. The zero-order valence-corrected chi connectivity index (χ0v) is 8.72. The quantitative estimate of drug-likeness (QED) is 0.659. The van der Waals surface area contributed by atoms with Crippen LogP contribution in [-0.2, 0) is 16.1 Å². The van der Waals surface area contributed by atoms with Crippen molar-refractivity contribution in [3.63, 3.8) is 0 Å². The van der Waals surface area contributed by atoms with Crippen molar-refractivity contribution in [2.45, 2.75) is 19.0 Å². The molecule has 0 fully saturated rings. The first-order valence-electron chi connectivity index (χ1n) is 4.88. The molecule has 0 spiro atoms.